The minimum Gasteiger partial charge on any atom is -0.504 e. The number of benzene rings is 6. The molecule has 6 heteroatoms. The molecule has 0 bridgehead atoms. The highest BCUT2D eigenvalue weighted by Gasteiger charge is 2.45. The number of aliphatic imine (C=N–C) groups is 2. The maximum Gasteiger partial charge on any atom is 0.158 e. The summed E-state index contributed by atoms with van der Waals surface area (Å²) in [7, 11) is 0. The van der Waals surface area contributed by atoms with E-state index in [2.05, 4.69) is 82.8 Å². The van der Waals surface area contributed by atoms with Crippen LogP contribution in [0, 0.1) is 0 Å². The number of rotatable bonds is 6. The van der Waals surface area contributed by atoms with Gasteiger partial charge < -0.3 is 20.4 Å². The van der Waals surface area contributed by atoms with Crippen molar-refractivity contribution in [2.24, 2.45) is 9.98 Å². The zero-order valence-corrected chi connectivity index (χ0v) is 24.0. The number of hydrogen-bond donors (Lipinski definition) is 4. The van der Waals surface area contributed by atoms with Gasteiger partial charge in [-0.2, -0.15) is 0 Å². The van der Waals surface area contributed by atoms with Crippen molar-refractivity contribution in [2.75, 3.05) is 0 Å². The first-order valence-corrected chi connectivity index (χ1v) is 14.5. The van der Waals surface area contributed by atoms with Gasteiger partial charge in [-0.05, 0) is 105 Å². The average Bonchev–Trinajstić information content (AvgIpc) is 3.37. The SMILES string of the molecule is Oc1ccc(C=Nc2ccc(C3(c4ccc(N=Cc5ccc(O)c(O)c5)cc4)c4ccccc4-c4ccccc43)cc2)cc1O. The topological polar surface area (TPSA) is 106 Å². The van der Waals surface area contributed by atoms with Crippen LogP contribution in [-0.2, 0) is 5.41 Å². The minimum absolute atomic E-state index is 0.170. The van der Waals surface area contributed by atoms with Crippen LogP contribution in [0.5, 0.6) is 23.0 Å². The number of nitrogens with zero attached hydrogens (tertiary/aromatic N) is 2. The molecule has 6 aromatic rings. The van der Waals surface area contributed by atoms with Gasteiger partial charge in [-0.15, -0.1) is 0 Å². The summed E-state index contributed by atoms with van der Waals surface area (Å²) in [5.74, 6) is -0.717. The van der Waals surface area contributed by atoms with Crippen LogP contribution in [0.15, 0.2) is 143 Å². The monoisotopic (exact) mass is 588 g/mol. The van der Waals surface area contributed by atoms with E-state index in [0.717, 1.165) is 22.5 Å². The molecule has 0 heterocycles. The zero-order chi connectivity index (χ0) is 31.0. The highest BCUT2D eigenvalue weighted by Crippen LogP contribution is 2.56. The molecule has 0 amide bonds. The summed E-state index contributed by atoms with van der Waals surface area (Å²) in [6.07, 6.45) is 3.31. The van der Waals surface area contributed by atoms with Crippen LogP contribution in [0.1, 0.15) is 33.4 Å². The fraction of sp³-hybridized carbons (Fsp3) is 0.0256. The Labute approximate surface area is 260 Å². The van der Waals surface area contributed by atoms with Crippen LogP contribution in [-0.4, -0.2) is 32.9 Å². The van der Waals surface area contributed by atoms with Crippen LogP contribution < -0.4 is 0 Å². The molecule has 6 nitrogen and oxygen atoms in total. The van der Waals surface area contributed by atoms with Gasteiger partial charge in [0.05, 0.1) is 16.8 Å². The van der Waals surface area contributed by atoms with Crippen molar-refractivity contribution in [1.29, 1.82) is 0 Å². The molecule has 0 spiro atoms. The Kier molecular flexibility index (Phi) is 6.87. The molecule has 0 fully saturated rings. The summed E-state index contributed by atoms with van der Waals surface area (Å²) in [6.45, 7) is 0. The fourth-order valence-electron chi connectivity index (χ4n) is 6.16. The first-order chi connectivity index (χ1) is 21.9. The van der Waals surface area contributed by atoms with Crippen molar-refractivity contribution >= 4 is 23.8 Å². The van der Waals surface area contributed by atoms with E-state index in [1.165, 1.54) is 46.5 Å². The van der Waals surface area contributed by atoms with E-state index in [4.69, 9.17) is 0 Å². The van der Waals surface area contributed by atoms with Crippen molar-refractivity contribution in [2.45, 2.75) is 5.41 Å². The molecule has 0 saturated carbocycles. The zero-order valence-electron chi connectivity index (χ0n) is 24.0. The van der Waals surface area contributed by atoms with Gasteiger partial charge in [0, 0.05) is 12.4 Å². The maximum absolute atomic E-state index is 9.83. The highest BCUT2D eigenvalue weighted by molar-refractivity contribution is 5.87. The van der Waals surface area contributed by atoms with E-state index in [1.807, 2.05) is 24.3 Å². The van der Waals surface area contributed by atoms with E-state index in [9.17, 15) is 20.4 Å². The summed E-state index contributed by atoms with van der Waals surface area (Å²) in [4.78, 5) is 9.21. The summed E-state index contributed by atoms with van der Waals surface area (Å²) in [5.41, 5.74) is 9.24. The van der Waals surface area contributed by atoms with Gasteiger partial charge in [0.2, 0.25) is 0 Å². The lowest BCUT2D eigenvalue weighted by molar-refractivity contribution is 0.403. The molecule has 45 heavy (non-hydrogen) atoms. The van der Waals surface area contributed by atoms with Gasteiger partial charge in [-0.1, -0.05) is 72.8 Å². The maximum atomic E-state index is 9.83. The van der Waals surface area contributed by atoms with Gasteiger partial charge in [0.25, 0.3) is 0 Å². The molecule has 0 unspecified atom stereocenters. The van der Waals surface area contributed by atoms with Crippen molar-refractivity contribution in [3.63, 3.8) is 0 Å². The number of aromatic hydroxyl groups is 4. The molecule has 0 aromatic heterocycles. The molecule has 7 rings (SSSR count). The lowest BCUT2D eigenvalue weighted by atomic mass is 9.67. The van der Waals surface area contributed by atoms with Crippen LogP contribution in [0.4, 0.5) is 11.4 Å². The normalized spacial score (nSPS) is 13.2. The Hall–Kier alpha value is -6.14. The van der Waals surface area contributed by atoms with Gasteiger partial charge in [-0.3, -0.25) is 9.98 Å². The van der Waals surface area contributed by atoms with E-state index in [0.29, 0.717) is 11.1 Å². The third-order valence-electron chi connectivity index (χ3n) is 8.28. The van der Waals surface area contributed by atoms with Gasteiger partial charge in [0.15, 0.2) is 23.0 Å². The number of phenols is 4. The second kappa shape index (κ2) is 11.2. The minimum atomic E-state index is -0.580. The molecule has 6 aromatic carbocycles. The summed E-state index contributed by atoms with van der Waals surface area (Å²) in [6, 6.07) is 42.7. The molecule has 4 N–H and O–H groups in total. The summed E-state index contributed by atoms with van der Waals surface area (Å²) in [5, 5.41) is 38.9. The predicted molar refractivity (Wildman–Crippen MR) is 178 cm³/mol. The fourth-order valence-corrected chi connectivity index (χ4v) is 6.16. The average molecular weight is 589 g/mol. The molecule has 0 aliphatic heterocycles. The quantitative estimate of drug-likeness (QED) is 0.116. The smallest absolute Gasteiger partial charge is 0.158 e. The highest BCUT2D eigenvalue weighted by atomic mass is 16.3. The Morgan fingerprint density at radius 1 is 0.422 bits per heavy atom. The molecule has 1 aliphatic rings. The van der Waals surface area contributed by atoms with Crippen molar-refractivity contribution < 1.29 is 20.4 Å². The Morgan fingerprint density at radius 2 is 0.822 bits per heavy atom. The molecule has 0 atom stereocenters. The second-order valence-electron chi connectivity index (χ2n) is 10.9. The lowest BCUT2D eigenvalue weighted by Gasteiger charge is -2.34. The first kappa shape index (κ1) is 27.7. The van der Waals surface area contributed by atoms with Gasteiger partial charge in [-0.25, -0.2) is 0 Å². The first-order valence-electron chi connectivity index (χ1n) is 14.5. The largest absolute Gasteiger partial charge is 0.504 e. The number of fused-ring (bicyclic) bond motifs is 3. The molecule has 218 valence electrons. The van der Waals surface area contributed by atoms with Crippen LogP contribution in [0.2, 0.25) is 0 Å². The van der Waals surface area contributed by atoms with Crippen molar-refractivity contribution in [1.82, 2.24) is 0 Å². The third kappa shape index (κ3) is 4.88. The Balaban J connectivity index is 1.30. The van der Waals surface area contributed by atoms with Gasteiger partial charge in [0.1, 0.15) is 0 Å². The molecule has 0 radical (unpaired) electrons. The van der Waals surface area contributed by atoms with Crippen LogP contribution in [0.25, 0.3) is 11.1 Å². The van der Waals surface area contributed by atoms with E-state index < -0.39 is 5.41 Å². The Morgan fingerprint density at radius 3 is 1.22 bits per heavy atom. The molecular weight excluding hydrogens is 560 g/mol. The standard InChI is InChI=1S/C39H28N2O4/c42-35-19-9-25(21-37(35)44)23-40-29-15-11-27(12-16-29)39(33-7-3-1-5-31(33)32-6-2-4-8-34(32)39)28-13-17-30(18-14-28)41-24-26-10-20-36(43)38(45)22-26/h1-24,42-45H. The van der Waals surface area contributed by atoms with Crippen LogP contribution >= 0.6 is 0 Å². The van der Waals surface area contributed by atoms with E-state index >= 15 is 0 Å². The van der Waals surface area contributed by atoms with Gasteiger partial charge >= 0.3 is 0 Å². The molecular formula is C39H28N2O4. The lowest BCUT2D eigenvalue weighted by Crippen LogP contribution is -2.28. The predicted octanol–water partition coefficient (Wildman–Crippen LogP) is 8.37. The third-order valence-corrected chi connectivity index (χ3v) is 8.28. The second-order valence-corrected chi connectivity index (χ2v) is 10.9. The van der Waals surface area contributed by atoms with Crippen molar-refractivity contribution in [3.8, 4) is 34.1 Å². The Bertz CT molecular complexity index is 1950. The summed E-state index contributed by atoms with van der Waals surface area (Å²) < 4.78 is 0. The molecule has 1 aliphatic carbocycles. The number of hydrogen-bond acceptors (Lipinski definition) is 6. The van der Waals surface area contributed by atoms with Crippen LogP contribution in [0.3, 0.4) is 0 Å². The van der Waals surface area contributed by atoms with Crippen molar-refractivity contribution in [3.05, 3.63) is 167 Å². The molecule has 0 saturated heterocycles. The number of phenolic OH excluding ortho intramolecular Hbond substituents is 4. The summed E-state index contributed by atoms with van der Waals surface area (Å²) >= 11 is 0. The van der Waals surface area contributed by atoms with E-state index in [-0.39, 0.29) is 23.0 Å². The van der Waals surface area contributed by atoms with E-state index in [1.54, 1.807) is 24.6 Å².